The lowest BCUT2D eigenvalue weighted by atomic mass is 9.74. The van der Waals surface area contributed by atoms with E-state index in [-0.39, 0.29) is 29.5 Å². The molecule has 2 aliphatic heterocycles. The molecule has 7 heteroatoms. The second-order valence-corrected chi connectivity index (χ2v) is 9.48. The number of ketones is 1. The minimum absolute atomic E-state index is 0.0563. The van der Waals surface area contributed by atoms with Crippen molar-refractivity contribution in [1.82, 2.24) is 4.98 Å². The van der Waals surface area contributed by atoms with Crippen LogP contribution in [0.5, 0.6) is 5.75 Å². The third kappa shape index (κ3) is 3.35. The van der Waals surface area contributed by atoms with Gasteiger partial charge in [-0.15, -0.1) is 11.3 Å². The van der Waals surface area contributed by atoms with E-state index in [0.29, 0.717) is 23.2 Å². The highest BCUT2D eigenvalue weighted by molar-refractivity contribution is 7.14. The lowest BCUT2D eigenvalue weighted by Crippen LogP contribution is -2.41. The molecule has 0 spiro atoms. The van der Waals surface area contributed by atoms with E-state index in [1.165, 1.54) is 11.3 Å². The second-order valence-electron chi connectivity index (χ2n) is 8.64. The summed E-state index contributed by atoms with van der Waals surface area (Å²) in [6.45, 7) is 6.60. The molecule has 4 unspecified atom stereocenters. The fourth-order valence-electron chi connectivity index (χ4n) is 4.96. The number of ether oxygens (including phenoxy) is 2. The van der Waals surface area contributed by atoms with Gasteiger partial charge in [0, 0.05) is 5.38 Å². The number of aryl methyl sites for hydroxylation is 1. The summed E-state index contributed by atoms with van der Waals surface area (Å²) in [6, 6.07) is 7.08. The monoisotopic (exact) mass is 438 g/mol. The lowest BCUT2D eigenvalue weighted by Gasteiger charge is -2.37. The zero-order valence-electron chi connectivity index (χ0n) is 18.0. The molecule has 0 bridgehead atoms. The van der Waals surface area contributed by atoms with Crippen molar-refractivity contribution in [2.45, 2.75) is 52.2 Å². The highest BCUT2D eigenvalue weighted by atomic mass is 32.1. The number of carbonyl (C=O) groups excluding carboxylic acids is 2. The van der Waals surface area contributed by atoms with E-state index < -0.39 is 6.04 Å². The van der Waals surface area contributed by atoms with Crippen molar-refractivity contribution in [1.29, 1.82) is 0 Å². The zero-order chi connectivity index (χ0) is 21.7. The number of hydrogen-bond acceptors (Lipinski definition) is 6. The Morgan fingerprint density at radius 2 is 2.00 bits per heavy atom. The summed E-state index contributed by atoms with van der Waals surface area (Å²) < 4.78 is 11.8. The first kappa shape index (κ1) is 20.2. The summed E-state index contributed by atoms with van der Waals surface area (Å²) >= 11 is 1.41. The normalized spacial score (nSPS) is 27.8. The summed E-state index contributed by atoms with van der Waals surface area (Å²) in [7, 11) is 0. The number of thiazole rings is 1. The molecular weight excluding hydrogens is 412 g/mol. The second kappa shape index (κ2) is 7.79. The maximum atomic E-state index is 13.7. The van der Waals surface area contributed by atoms with Crippen LogP contribution in [0, 0.1) is 18.8 Å². The van der Waals surface area contributed by atoms with Crippen molar-refractivity contribution < 1.29 is 19.1 Å². The molecule has 3 aliphatic rings. The quantitative estimate of drug-likeness (QED) is 0.698. The molecule has 2 aromatic rings. The Labute approximate surface area is 185 Å². The number of benzene rings is 1. The number of hydrogen-bond donors (Lipinski definition) is 0. The fraction of sp³-hybridized carbons (Fsp3) is 0.458. The van der Waals surface area contributed by atoms with E-state index in [1.807, 2.05) is 43.5 Å². The standard InChI is InChI=1S/C24H26N2O4S/c1-4-29-16-8-6-15(7-9-16)20-19-21(27)17-11-13(2)5-10-18(17)30-22(19)23(28)26(20)24-25-14(3)12-31-24/h6-9,12-13,17-18,20H,4-5,10-11H2,1-3H3. The van der Waals surface area contributed by atoms with Crippen LogP contribution in [-0.4, -0.2) is 29.4 Å². The molecule has 1 aromatic heterocycles. The third-order valence-electron chi connectivity index (χ3n) is 6.43. The molecule has 1 amide bonds. The van der Waals surface area contributed by atoms with Gasteiger partial charge >= 0.3 is 0 Å². The summed E-state index contributed by atoms with van der Waals surface area (Å²) in [5.74, 6) is 1.06. The van der Waals surface area contributed by atoms with Gasteiger partial charge in [-0.1, -0.05) is 19.1 Å². The van der Waals surface area contributed by atoms with Gasteiger partial charge in [0.05, 0.1) is 29.8 Å². The van der Waals surface area contributed by atoms with Crippen molar-refractivity contribution in [2.75, 3.05) is 11.5 Å². The first-order valence-corrected chi connectivity index (χ1v) is 11.8. The molecule has 6 nitrogen and oxygen atoms in total. The summed E-state index contributed by atoms with van der Waals surface area (Å²) in [5, 5.41) is 2.50. The third-order valence-corrected chi connectivity index (χ3v) is 7.39. The van der Waals surface area contributed by atoms with Crippen LogP contribution in [-0.2, 0) is 14.3 Å². The predicted octanol–water partition coefficient (Wildman–Crippen LogP) is 4.60. The van der Waals surface area contributed by atoms with Gasteiger partial charge in [0.15, 0.2) is 16.7 Å². The van der Waals surface area contributed by atoms with Gasteiger partial charge in [-0.2, -0.15) is 0 Å². The van der Waals surface area contributed by atoms with Crippen LogP contribution in [0.4, 0.5) is 5.13 Å². The van der Waals surface area contributed by atoms with Crippen molar-refractivity contribution in [3.8, 4) is 5.75 Å². The number of amides is 1. The number of anilines is 1. The van der Waals surface area contributed by atoms with Crippen LogP contribution in [0.25, 0.3) is 0 Å². The molecular formula is C24H26N2O4S. The van der Waals surface area contributed by atoms with Gasteiger partial charge in [-0.3, -0.25) is 14.5 Å². The topological polar surface area (TPSA) is 68.7 Å². The van der Waals surface area contributed by atoms with E-state index in [0.717, 1.165) is 36.3 Å². The maximum Gasteiger partial charge on any atom is 0.296 e. The first-order chi connectivity index (χ1) is 15.0. The predicted molar refractivity (Wildman–Crippen MR) is 118 cm³/mol. The molecule has 3 heterocycles. The molecule has 1 saturated carbocycles. The van der Waals surface area contributed by atoms with E-state index in [2.05, 4.69) is 11.9 Å². The number of nitrogens with zero attached hydrogens (tertiary/aromatic N) is 2. The van der Waals surface area contributed by atoms with Gasteiger partial charge < -0.3 is 9.47 Å². The maximum absolute atomic E-state index is 13.7. The Kier molecular flexibility index (Phi) is 5.08. The van der Waals surface area contributed by atoms with Crippen molar-refractivity contribution >= 4 is 28.2 Å². The molecule has 0 N–H and O–H groups in total. The van der Waals surface area contributed by atoms with E-state index in [1.54, 1.807) is 4.90 Å². The van der Waals surface area contributed by atoms with Crippen molar-refractivity contribution in [3.63, 3.8) is 0 Å². The Morgan fingerprint density at radius 3 is 2.68 bits per heavy atom. The lowest BCUT2D eigenvalue weighted by molar-refractivity contribution is -0.132. The number of aromatic nitrogens is 1. The van der Waals surface area contributed by atoms with Crippen LogP contribution in [0.15, 0.2) is 41.0 Å². The number of rotatable bonds is 4. The fourth-order valence-corrected chi connectivity index (χ4v) is 5.78. The van der Waals surface area contributed by atoms with Crippen molar-refractivity contribution in [3.05, 3.63) is 52.2 Å². The Balaban J connectivity index is 1.60. The highest BCUT2D eigenvalue weighted by Crippen LogP contribution is 2.49. The SMILES string of the molecule is CCOc1ccc(C2C3=C(OC4CCC(C)CC4C3=O)C(=O)N2c2nc(C)cs2)cc1. The molecule has 1 aromatic carbocycles. The molecule has 4 atom stereocenters. The smallest absolute Gasteiger partial charge is 0.296 e. The average Bonchev–Trinajstić information content (AvgIpc) is 3.31. The van der Waals surface area contributed by atoms with Crippen LogP contribution < -0.4 is 9.64 Å². The zero-order valence-corrected chi connectivity index (χ0v) is 18.8. The van der Waals surface area contributed by atoms with Gasteiger partial charge in [-0.05, 0) is 56.7 Å². The minimum Gasteiger partial charge on any atom is -0.494 e. The van der Waals surface area contributed by atoms with Crippen LogP contribution in [0.1, 0.15) is 50.4 Å². The molecule has 162 valence electrons. The highest BCUT2D eigenvalue weighted by Gasteiger charge is 2.53. The van der Waals surface area contributed by atoms with E-state index >= 15 is 0 Å². The van der Waals surface area contributed by atoms with Crippen molar-refractivity contribution in [2.24, 2.45) is 11.8 Å². The van der Waals surface area contributed by atoms with Crippen LogP contribution in [0.2, 0.25) is 0 Å². The summed E-state index contributed by atoms with van der Waals surface area (Å²) in [6.07, 6.45) is 2.43. The Morgan fingerprint density at radius 1 is 1.23 bits per heavy atom. The van der Waals surface area contributed by atoms with Gasteiger partial charge in [0.25, 0.3) is 5.91 Å². The Hall–Kier alpha value is -2.67. The van der Waals surface area contributed by atoms with Gasteiger partial charge in [0.2, 0.25) is 0 Å². The van der Waals surface area contributed by atoms with Crippen LogP contribution >= 0.6 is 11.3 Å². The molecule has 0 radical (unpaired) electrons. The van der Waals surface area contributed by atoms with Crippen LogP contribution in [0.3, 0.4) is 0 Å². The first-order valence-electron chi connectivity index (χ1n) is 10.9. The number of fused-ring (bicyclic) bond motifs is 1. The molecule has 31 heavy (non-hydrogen) atoms. The van der Waals surface area contributed by atoms with Gasteiger partial charge in [-0.25, -0.2) is 4.98 Å². The minimum atomic E-state index is -0.533. The number of Topliss-reactive ketones (excluding diaryl/α,β-unsaturated/α-hetero) is 1. The average molecular weight is 439 g/mol. The van der Waals surface area contributed by atoms with Gasteiger partial charge in [0.1, 0.15) is 11.9 Å². The Bertz CT molecular complexity index is 1060. The molecule has 1 fully saturated rings. The molecule has 0 saturated heterocycles. The summed E-state index contributed by atoms with van der Waals surface area (Å²) in [4.78, 5) is 33.4. The molecule has 1 aliphatic carbocycles. The summed E-state index contributed by atoms with van der Waals surface area (Å²) in [5.41, 5.74) is 2.18. The number of carbonyl (C=O) groups is 2. The van der Waals surface area contributed by atoms with E-state index in [9.17, 15) is 9.59 Å². The largest absolute Gasteiger partial charge is 0.494 e. The molecule has 5 rings (SSSR count). The van der Waals surface area contributed by atoms with E-state index in [4.69, 9.17) is 9.47 Å².